The molecule has 2 aromatic carbocycles. The molecule has 0 bridgehead atoms. The van der Waals surface area contributed by atoms with Gasteiger partial charge in [-0.2, -0.15) is 0 Å². The van der Waals surface area contributed by atoms with Crippen molar-refractivity contribution in [1.29, 1.82) is 0 Å². The first kappa shape index (κ1) is 23.1. The van der Waals surface area contributed by atoms with E-state index in [1.807, 2.05) is 18.2 Å². The van der Waals surface area contributed by atoms with Crippen LogP contribution in [0, 0.1) is 0 Å². The molecule has 0 saturated carbocycles. The van der Waals surface area contributed by atoms with Gasteiger partial charge >= 0.3 is 5.97 Å². The highest BCUT2D eigenvalue weighted by atomic mass is 35.5. The zero-order valence-electron chi connectivity index (χ0n) is 15.7. The van der Waals surface area contributed by atoms with Gasteiger partial charge in [-0.3, -0.25) is 14.4 Å². The molecule has 0 aliphatic heterocycles. The number of amides is 2. The number of benzene rings is 2. The van der Waals surface area contributed by atoms with E-state index in [0.717, 1.165) is 5.56 Å². The van der Waals surface area contributed by atoms with Crippen molar-refractivity contribution in [3.05, 3.63) is 65.7 Å². The minimum Gasteiger partial charge on any atom is -0.468 e. The SMILES string of the molecule is COC(=O)CNC(=O)Cc1ccc(NC(=O)C(C)(N)c2ccccc2)cc1.Cl. The molecular formula is C20H24ClN3O4. The van der Waals surface area contributed by atoms with E-state index in [1.165, 1.54) is 7.11 Å². The van der Waals surface area contributed by atoms with Gasteiger partial charge in [0.05, 0.1) is 13.5 Å². The van der Waals surface area contributed by atoms with Crippen molar-refractivity contribution in [2.45, 2.75) is 18.9 Å². The Morgan fingerprint density at radius 2 is 1.64 bits per heavy atom. The van der Waals surface area contributed by atoms with Crippen LogP contribution in [0.1, 0.15) is 18.1 Å². The zero-order chi connectivity index (χ0) is 19.9. The Morgan fingerprint density at radius 1 is 1.04 bits per heavy atom. The Bertz CT molecular complexity index is 808. The summed E-state index contributed by atoms with van der Waals surface area (Å²) in [6.07, 6.45) is 0.115. The molecule has 1 unspecified atom stereocenters. The Balaban J connectivity index is 0.00000392. The lowest BCUT2D eigenvalue weighted by Gasteiger charge is -2.24. The summed E-state index contributed by atoms with van der Waals surface area (Å²) in [6.45, 7) is 1.48. The topological polar surface area (TPSA) is 111 Å². The molecule has 2 rings (SSSR count). The number of methoxy groups -OCH3 is 1. The third kappa shape index (κ3) is 6.37. The molecule has 150 valence electrons. The molecule has 0 aliphatic carbocycles. The fourth-order valence-corrected chi connectivity index (χ4v) is 2.37. The van der Waals surface area contributed by atoms with Crippen molar-refractivity contribution >= 4 is 35.9 Å². The number of anilines is 1. The second-order valence-electron chi connectivity index (χ2n) is 6.25. The van der Waals surface area contributed by atoms with Crippen molar-refractivity contribution in [3.8, 4) is 0 Å². The summed E-state index contributed by atoms with van der Waals surface area (Å²) in [5, 5.41) is 5.25. The van der Waals surface area contributed by atoms with E-state index in [0.29, 0.717) is 11.3 Å². The van der Waals surface area contributed by atoms with Gasteiger partial charge in [0.15, 0.2) is 0 Å². The largest absolute Gasteiger partial charge is 0.468 e. The Kier molecular flexibility index (Phi) is 8.63. The van der Waals surface area contributed by atoms with Crippen LogP contribution >= 0.6 is 12.4 Å². The number of halogens is 1. The predicted octanol–water partition coefficient (Wildman–Crippen LogP) is 1.75. The molecule has 0 aromatic heterocycles. The maximum Gasteiger partial charge on any atom is 0.325 e. The van der Waals surface area contributed by atoms with E-state index >= 15 is 0 Å². The van der Waals surface area contributed by atoms with Crippen molar-refractivity contribution in [1.82, 2.24) is 5.32 Å². The molecule has 0 radical (unpaired) electrons. The Morgan fingerprint density at radius 3 is 2.21 bits per heavy atom. The number of esters is 1. The first-order valence-corrected chi connectivity index (χ1v) is 8.41. The number of hydrogen-bond acceptors (Lipinski definition) is 5. The fourth-order valence-electron chi connectivity index (χ4n) is 2.37. The monoisotopic (exact) mass is 405 g/mol. The molecule has 0 aliphatic rings. The van der Waals surface area contributed by atoms with Crippen LogP contribution < -0.4 is 16.4 Å². The average Bonchev–Trinajstić information content (AvgIpc) is 2.68. The lowest BCUT2D eigenvalue weighted by Crippen LogP contribution is -2.45. The summed E-state index contributed by atoms with van der Waals surface area (Å²) in [6, 6.07) is 16.0. The number of ether oxygens (including phenoxy) is 1. The van der Waals surface area contributed by atoms with E-state index in [-0.39, 0.29) is 37.2 Å². The molecule has 4 N–H and O–H groups in total. The van der Waals surface area contributed by atoms with Crippen LogP contribution in [0.15, 0.2) is 54.6 Å². The molecule has 2 amide bonds. The highest BCUT2D eigenvalue weighted by Gasteiger charge is 2.30. The Labute approximate surface area is 170 Å². The number of nitrogens with one attached hydrogen (secondary N) is 2. The maximum atomic E-state index is 12.5. The molecule has 0 fully saturated rings. The van der Waals surface area contributed by atoms with Crippen molar-refractivity contribution in [2.24, 2.45) is 5.73 Å². The van der Waals surface area contributed by atoms with Gasteiger partial charge in [-0.25, -0.2) is 0 Å². The molecule has 1 atom stereocenters. The zero-order valence-corrected chi connectivity index (χ0v) is 16.5. The van der Waals surface area contributed by atoms with E-state index in [2.05, 4.69) is 15.4 Å². The molecule has 2 aromatic rings. The number of nitrogens with two attached hydrogens (primary N) is 1. The summed E-state index contributed by atoms with van der Waals surface area (Å²) in [5.41, 5.74) is 7.05. The second kappa shape index (κ2) is 10.4. The van der Waals surface area contributed by atoms with Crippen LogP contribution in [0.4, 0.5) is 5.69 Å². The van der Waals surface area contributed by atoms with E-state index < -0.39 is 11.5 Å². The molecular weight excluding hydrogens is 382 g/mol. The highest BCUT2D eigenvalue weighted by Crippen LogP contribution is 2.20. The summed E-state index contributed by atoms with van der Waals surface area (Å²) in [4.78, 5) is 35.3. The fraction of sp³-hybridized carbons (Fsp3) is 0.250. The standard InChI is InChI=1S/C20H23N3O4.ClH/c1-20(21,15-6-4-3-5-7-15)19(26)23-16-10-8-14(9-11-16)12-17(24)22-13-18(25)27-2;/h3-11H,12-13,21H2,1-2H3,(H,22,24)(H,23,26);1H. The van der Waals surface area contributed by atoms with E-state index in [1.54, 1.807) is 43.3 Å². The van der Waals surface area contributed by atoms with Crippen LogP contribution in [0.2, 0.25) is 0 Å². The van der Waals surface area contributed by atoms with Crippen molar-refractivity contribution < 1.29 is 19.1 Å². The summed E-state index contributed by atoms with van der Waals surface area (Å²) in [7, 11) is 1.26. The lowest BCUT2D eigenvalue weighted by molar-refractivity contribution is -0.141. The first-order chi connectivity index (χ1) is 12.8. The van der Waals surface area contributed by atoms with Crippen LogP contribution in [0.5, 0.6) is 0 Å². The summed E-state index contributed by atoms with van der Waals surface area (Å²) < 4.78 is 4.46. The number of rotatable bonds is 7. The number of carbonyl (C=O) groups is 3. The number of carbonyl (C=O) groups excluding carboxylic acids is 3. The van der Waals surface area contributed by atoms with Crippen LogP contribution in [-0.2, 0) is 31.1 Å². The third-order valence-corrected chi connectivity index (χ3v) is 4.08. The normalized spacial score (nSPS) is 12.1. The van der Waals surface area contributed by atoms with Gasteiger partial charge in [0, 0.05) is 5.69 Å². The van der Waals surface area contributed by atoms with E-state index in [4.69, 9.17) is 5.73 Å². The van der Waals surface area contributed by atoms with Gasteiger partial charge in [-0.15, -0.1) is 12.4 Å². The predicted molar refractivity (Wildman–Crippen MR) is 109 cm³/mol. The van der Waals surface area contributed by atoms with Gasteiger partial charge in [0.25, 0.3) is 0 Å². The minimum absolute atomic E-state index is 0. The quantitative estimate of drug-likeness (QED) is 0.608. The first-order valence-electron chi connectivity index (χ1n) is 8.41. The molecule has 0 spiro atoms. The minimum atomic E-state index is -1.17. The Hall–Kier alpha value is -2.90. The molecule has 0 heterocycles. The van der Waals surface area contributed by atoms with Gasteiger partial charge in [0.2, 0.25) is 11.8 Å². The van der Waals surface area contributed by atoms with Crippen molar-refractivity contribution in [3.63, 3.8) is 0 Å². The smallest absolute Gasteiger partial charge is 0.325 e. The lowest BCUT2D eigenvalue weighted by atomic mass is 9.92. The highest BCUT2D eigenvalue weighted by molar-refractivity contribution is 5.98. The van der Waals surface area contributed by atoms with Crippen LogP contribution in [0.3, 0.4) is 0 Å². The molecule has 8 heteroatoms. The molecule has 7 nitrogen and oxygen atoms in total. The van der Waals surface area contributed by atoms with E-state index in [9.17, 15) is 14.4 Å². The number of hydrogen-bond donors (Lipinski definition) is 3. The summed E-state index contributed by atoms with van der Waals surface area (Å²) in [5.74, 6) is -1.14. The third-order valence-electron chi connectivity index (χ3n) is 4.08. The maximum absolute atomic E-state index is 12.5. The van der Waals surface area contributed by atoms with Gasteiger partial charge in [-0.05, 0) is 30.2 Å². The molecule has 0 saturated heterocycles. The van der Waals surface area contributed by atoms with Gasteiger partial charge in [-0.1, -0.05) is 42.5 Å². The van der Waals surface area contributed by atoms with Crippen molar-refractivity contribution in [2.75, 3.05) is 19.0 Å². The average molecular weight is 406 g/mol. The van der Waals surface area contributed by atoms with Crippen LogP contribution in [-0.4, -0.2) is 31.4 Å². The van der Waals surface area contributed by atoms with Gasteiger partial charge < -0.3 is 21.1 Å². The van der Waals surface area contributed by atoms with Crippen LogP contribution in [0.25, 0.3) is 0 Å². The van der Waals surface area contributed by atoms with Gasteiger partial charge in [0.1, 0.15) is 12.1 Å². The summed E-state index contributed by atoms with van der Waals surface area (Å²) >= 11 is 0. The molecule has 28 heavy (non-hydrogen) atoms. The second-order valence-corrected chi connectivity index (χ2v) is 6.25.